The van der Waals surface area contributed by atoms with E-state index in [1.165, 1.54) is 6.07 Å². The van der Waals surface area contributed by atoms with Crippen LogP contribution in [0.4, 0.5) is 10.2 Å². The Morgan fingerprint density at radius 1 is 1.41 bits per heavy atom. The van der Waals surface area contributed by atoms with E-state index in [1.54, 1.807) is 12.1 Å². The largest absolute Gasteiger partial charge is 1.00 e. The molecule has 17 heavy (non-hydrogen) atoms. The van der Waals surface area contributed by atoms with Crippen LogP contribution in [0.2, 0.25) is 5.02 Å². The molecule has 0 fully saturated rings. The van der Waals surface area contributed by atoms with Crippen LogP contribution in [0.15, 0.2) is 18.2 Å². The summed E-state index contributed by atoms with van der Waals surface area (Å²) >= 11 is 5.95. The minimum Gasteiger partial charge on any atom is -1.00 e. The zero-order valence-corrected chi connectivity index (χ0v) is 10.7. The lowest BCUT2D eigenvalue weighted by molar-refractivity contribution is -0.434. The van der Waals surface area contributed by atoms with Gasteiger partial charge < -0.3 is 12.4 Å². The topological polar surface area (TPSA) is 56.0 Å². The summed E-state index contributed by atoms with van der Waals surface area (Å²) in [5, 5.41) is 6.08. The first-order chi connectivity index (χ1) is 7.59. The van der Waals surface area contributed by atoms with Gasteiger partial charge in [0.15, 0.2) is 0 Å². The van der Waals surface area contributed by atoms with Gasteiger partial charge in [0.2, 0.25) is 0 Å². The van der Waals surface area contributed by atoms with Gasteiger partial charge in [0, 0.05) is 17.0 Å². The molecule has 0 bridgehead atoms. The first kappa shape index (κ1) is 13.8. The van der Waals surface area contributed by atoms with Gasteiger partial charge in [-0.25, -0.2) is 9.49 Å². The fraction of sp³-hybridized carbons (Fsp3) is 0.182. The molecule has 0 atom stereocenters. The highest BCUT2D eigenvalue weighted by atomic mass is 35.5. The average Bonchev–Trinajstić information content (AvgIpc) is 2.54. The average molecular weight is 276 g/mol. The lowest BCUT2D eigenvalue weighted by Crippen LogP contribution is -3.00. The number of aryl methyl sites for hydroxylation is 1. The van der Waals surface area contributed by atoms with E-state index in [1.807, 2.05) is 6.92 Å². The zero-order chi connectivity index (χ0) is 11.7. The second-order valence-electron chi connectivity index (χ2n) is 3.64. The normalized spacial score (nSPS) is 10.1. The number of nitrogens with two attached hydrogens (primary N) is 1. The van der Waals surface area contributed by atoms with Crippen LogP contribution in [0.25, 0.3) is 0 Å². The van der Waals surface area contributed by atoms with Gasteiger partial charge >= 0.3 is 0 Å². The number of benzene rings is 1. The molecule has 2 rings (SSSR count). The quantitative estimate of drug-likeness (QED) is 0.734. The predicted molar refractivity (Wildman–Crippen MR) is 60.7 cm³/mol. The standard InChI is InChI=1S/C11H11ClFN3.ClH/c1-6-7(11(14)16-15-6)5-8-9(12)3-2-4-10(8)13;/h2-4H,5H2,1H3,(H3,14,15,16);1H. The first-order valence-corrected chi connectivity index (χ1v) is 5.25. The van der Waals surface area contributed by atoms with Crippen molar-refractivity contribution in [3.05, 3.63) is 45.9 Å². The Morgan fingerprint density at radius 2 is 2.12 bits per heavy atom. The Hall–Kier alpha value is -1.26. The Kier molecular flexibility index (Phi) is 4.37. The van der Waals surface area contributed by atoms with Gasteiger partial charge in [-0.15, -0.1) is 0 Å². The van der Waals surface area contributed by atoms with Crippen LogP contribution >= 0.6 is 11.6 Å². The van der Waals surface area contributed by atoms with Crippen LogP contribution in [0.1, 0.15) is 16.8 Å². The monoisotopic (exact) mass is 275 g/mol. The van der Waals surface area contributed by atoms with Crippen molar-refractivity contribution in [2.24, 2.45) is 0 Å². The third kappa shape index (κ3) is 2.70. The SMILES string of the molecule is Cc1[nH][nH+]c(N)c1Cc1c(F)cccc1Cl.[Cl-]. The number of nitrogen functional groups attached to an aromatic ring is 1. The van der Waals surface area contributed by atoms with E-state index in [9.17, 15) is 4.39 Å². The number of aromatic nitrogens is 2. The van der Waals surface area contributed by atoms with E-state index in [-0.39, 0.29) is 18.2 Å². The van der Waals surface area contributed by atoms with Gasteiger partial charge in [0.1, 0.15) is 5.82 Å². The van der Waals surface area contributed by atoms with E-state index >= 15 is 0 Å². The fourth-order valence-corrected chi connectivity index (χ4v) is 1.85. The third-order valence-electron chi connectivity index (χ3n) is 2.58. The number of hydrogen-bond acceptors (Lipinski definition) is 1. The molecule has 92 valence electrons. The maximum atomic E-state index is 13.6. The van der Waals surface area contributed by atoms with E-state index in [0.717, 1.165) is 11.3 Å². The van der Waals surface area contributed by atoms with Crippen LogP contribution < -0.4 is 23.2 Å². The second kappa shape index (κ2) is 5.38. The van der Waals surface area contributed by atoms with Crippen molar-refractivity contribution in [1.29, 1.82) is 0 Å². The van der Waals surface area contributed by atoms with Gasteiger partial charge in [-0.05, 0) is 19.1 Å². The summed E-state index contributed by atoms with van der Waals surface area (Å²) in [5.41, 5.74) is 7.93. The maximum Gasteiger partial charge on any atom is 0.294 e. The molecule has 1 aromatic carbocycles. The number of rotatable bonds is 2. The molecule has 0 aliphatic heterocycles. The van der Waals surface area contributed by atoms with Gasteiger partial charge in [0.05, 0.1) is 11.3 Å². The second-order valence-corrected chi connectivity index (χ2v) is 4.05. The molecular formula is C11H12Cl2FN3. The Bertz CT molecular complexity index is 486. The summed E-state index contributed by atoms with van der Waals surface area (Å²) < 4.78 is 13.6. The van der Waals surface area contributed by atoms with Crippen LogP contribution in [0, 0.1) is 12.7 Å². The van der Waals surface area contributed by atoms with E-state index < -0.39 is 0 Å². The molecule has 3 nitrogen and oxygen atoms in total. The third-order valence-corrected chi connectivity index (χ3v) is 2.93. The molecule has 0 spiro atoms. The molecule has 1 aromatic heterocycles. The van der Waals surface area contributed by atoms with Gasteiger partial charge in [-0.3, -0.25) is 5.73 Å². The lowest BCUT2D eigenvalue weighted by Gasteiger charge is -2.04. The van der Waals surface area contributed by atoms with Crippen molar-refractivity contribution in [3.63, 3.8) is 0 Å². The summed E-state index contributed by atoms with van der Waals surface area (Å²) in [6.07, 6.45) is 0.378. The number of H-pyrrole nitrogens is 2. The molecule has 0 radical (unpaired) electrons. The smallest absolute Gasteiger partial charge is 0.294 e. The Morgan fingerprint density at radius 3 is 2.65 bits per heavy atom. The molecule has 0 saturated heterocycles. The molecule has 4 N–H and O–H groups in total. The summed E-state index contributed by atoms with van der Waals surface area (Å²) in [5.74, 6) is 0.198. The van der Waals surface area contributed by atoms with Gasteiger partial charge in [0.25, 0.3) is 5.82 Å². The first-order valence-electron chi connectivity index (χ1n) is 4.87. The lowest BCUT2D eigenvalue weighted by atomic mass is 10.0. The Labute approximate surface area is 110 Å². The summed E-state index contributed by atoms with van der Waals surface area (Å²) in [6.45, 7) is 1.87. The molecule has 0 unspecified atom stereocenters. The summed E-state index contributed by atoms with van der Waals surface area (Å²) in [4.78, 5) is 0. The van der Waals surface area contributed by atoms with Gasteiger partial charge in [-0.2, -0.15) is 5.10 Å². The number of nitrogens with one attached hydrogen (secondary N) is 2. The maximum absolute atomic E-state index is 13.6. The fourth-order valence-electron chi connectivity index (χ4n) is 1.62. The predicted octanol–water partition coefficient (Wildman–Crippen LogP) is -0.893. The van der Waals surface area contributed by atoms with Crippen molar-refractivity contribution in [2.45, 2.75) is 13.3 Å². The van der Waals surface area contributed by atoms with Gasteiger partial charge in [-0.1, -0.05) is 17.7 Å². The molecule has 1 heterocycles. The number of anilines is 1. The van der Waals surface area contributed by atoms with E-state index in [2.05, 4.69) is 10.2 Å². The molecule has 0 aliphatic carbocycles. The summed E-state index contributed by atoms with van der Waals surface area (Å²) in [6, 6.07) is 4.64. The summed E-state index contributed by atoms with van der Waals surface area (Å²) in [7, 11) is 0. The van der Waals surface area contributed by atoms with Crippen molar-refractivity contribution in [3.8, 4) is 0 Å². The molecule has 2 aromatic rings. The van der Waals surface area contributed by atoms with Crippen LogP contribution in [-0.4, -0.2) is 5.10 Å². The van der Waals surface area contributed by atoms with E-state index in [0.29, 0.717) is 22.8 Å². The molecule has 6 heteroatoms. The molecule has 0 saturated carbocycles. The van der Waals surface area contributed by atoms with Crippen LogP contribution in [-0.2, 0) is 6.42 Å². The van der Waals surface area contributed by atoms with Crippen molar-refractivity contribution in [1.82, 2.24) is 5.10 Å². The van der Waals surface area contributed by atoms with Crippen LogP contribution in [0.5, 0.6) is 0 Å². The highest BCUT2D eigenvalue weighted by Crippen LogP contribution is 2.24. The molecule has 0 amide bonds. The van der Waals surface area contributed by atoms with E-state index in [4.69, 9.17) is 17.3 Å². The van der Waals surface area contributed by atoms with Crippen LogP contribution in [0.3, 0.4) is 0 Å². The number of aromatic amines is 2. The van der Waals surface area contributed by atoms with Crippen molar-refractivity contribution in [2.75, 3.05) is 5.73 Å². The minimum atomic E-state index is -0.312. The zero-order valence-electron chi connectivity index (χ0n) is 9.15. The Balaban J connectivity index is 0.00000144. The highest BCUT2D eigenvalue weighted by molar-refractivity contribution is 6.31. The minimum absolute atomic E-state index is 0. The van der Waals surface area contributed by atoms with Crippen molar-refractivity contribution >= 4 is 17.4 Å². The highest BCUT2D eigenvalue weighted by Gasteiger charge is 2.16. The number of hydrogen-bond donors (Lipinski definition) is 2. The van der Waals surface area contributed by atoms with Crippen molar-refractivity contribution < 1.29 is 21.9 Å². The number of halogens is 3. The molecule has 0 aliphatic rings. The molecular weight excluding hydrogens is 264 g/mol.